The minimum Gasteiger partial charge on any atom is -0.381 e. The topological polar surface area (TPSA) is 60.6 Å². The lowest BCUT2D eigenvalue weighted by Crippen LogP contribution is -2.64. The van der Waals surface area contributed by atoms with E-state index in [0.717, 1.165) is 79.5 Å². The molecule has 0 unspecified atom stereocenters. The van der Waals surface area contributed by atoms with Crippen LogP contribution in [0.4, 0.5) is 5.69 Å². The maximum atomic E-state index is 6.72. The van der Waals surface area contributed by atoms with Gasteiger partial charge in [0.05, 0.1) is 65.7 Å². The van der Waals surface area contributed by atoms with Gasteiger partial charge in [-0.05, 0) is 31.9 Å². The number of hydrogen-bond acceptors (Lipinski definition) is 6. The fourth-order valence-corrected chi connectivity index (χ4v) is 5.43. The van der Waals surface area contributed by atoms with Crippen LogP contribution in [0.2, 0.25) is 5.02 Å². The van der Waals surface area contributed by atoms with Gasteiger partial charge in [-0.3, -0.25) is 9.58 Å². The highest BCUT2D eigenvalue weighted by Crippen LogP contribution is 2.36. The zero-order chi connectivity index (χ0) is 21.9. The van der Waals surface area contributed by atoms with E-state index in [4.69, 9.17) is 21.1 Å². The molecule has 9 heteroatoms. The van der Waals surface area contributed by atoms with E-state index < -0.39 is 0 Å². The van der Waals surface area contributed by atoms with Gasteiger partial charge in [0.1, 0.15) is 5.69 Å². The summed E-state index contributed by atoms with van der Waals surface area (Å²) in [6.07, 6.45) is 8.21. The predicted molar refractivity (Wildman–Crippen MR) is 124 cm³/mol. The Morgan fingerprint density at radius 2 is 1.88 bits per heavy atom. The molecule has 32 heavy (non-hydrogen) atoms. The monoisotopic (exact) mass is 456 g/mol. The van der Waals surface area contributed by atoms with Gasteiger partial charge in [0.25, 0.3) is 0 Å². The molecule has 2 aliphatic heterocycles. The van der Waals surface area contributed by atoms with E-state index in [-0.39, 0.29) is 5.54 Å². The molecule has 0 amide bonds. The Labute approximate surface area is 192 Å². The third-order valence-electron chi connectivity index (χ3n) is 7.46. The first-order valence-electron chi connectivity index (χ1n) is 11.4. The number of anilines is 1. The first-order valence-corrected chi connectivity index (χ1v) is 11.7. The molecule has 0 N–H and O–H groups in total. The Morgan fingerprint density at radius 3 is 2.56 bits per heavy atom. The average molecular weight is 457 g/mol. The van der Waals surface area contributed by atoms with Gasteiger partial charge < -0.3 is 14.4 Å². The van der Waals surface area contributed by atoms with Crippen molar-refractivity contribution in [2.24, 2.45) is 0 Å². The van der Waals surface area contributed by atoms with Gasteiger partial charge in [0.15, 0.2) is 0 Å². The fourth-order valence-electron chi connectivity index (χ4n) is 5.13. The largest absolute Gasteiger partial charge is 0.381 e. The van der Waals surface area contributed by atoms with E-state index in [1.165, 1.54) is 0 Å². The standard InChI is InChI=1S/C23H29ClN6O2/c1-23(14-32-15-23)28-5-3-27(4-6-28)22-10-21-16(7-20(22)24)11-26-30(21)18-12-25-29(13-18)17-8-19(9-17)31-2/h7,10-13,17,19H,3-6,8-9,14-15H2,1-2H3/t17-,19-. The van der Waals surface area contributed by atoms with Gasteiger partial charge in [0, 0.05) is 38.7 Å². The SMILES string of the molecule is CO[C@H]1C[C@H](n2cc(-n3ncc4cc(Cl)c(N5CCN(C6(C)COC6)CC5)cc43)cn2)C1. The second kappa shape index (κ2) is 7.73. The summed E-state index contributed by atoms with van der Waals surface area (Å²) in [5.41, 5.74) is 3.29. The Morgan fingerprint density at radius 1 is 1.09 bits per heavy atom. The molecule has 1 saturated carbocycles. The van der Waals surface area contributed by atoms with Crippen molar-refractivity contribution in [2.75, 3.05) is 51.4 Å². The number of fused-ring (bicyclic) bond motifs is 1. The lowest BCUT2D eigenvalue weighted by Gasteiger charge is -2.50. The lowest BCUT2D eigenvalue weighted by atomic mass is 9.89. The third kappa shape index (κ3) is 3.32. The molecular weight excluding hydrogens is 428 g/mol. The molecule has 0 radical (unpaired) electrons. The van der Waals surface area contributed by atoms with Crippen LogP contribution in [-0.4, -0.2) is 82.6 Å². The smallest absolute Gasteiger partial charge is 0.103 e. The Bertz CT molecular complexity index is 1120. The Kier molecular flexibility index (Phi) is 4.94. The quantitative estimate of drug-likeness (QED) is 0.588. The lowest BCUT2D eigenvalue weighted by molar-refractivity contribution is -0.131. The highest BCUT2D eigenvalue weighted by atomic mass is 35.5. The molecule has 3 aliphatic rings. The van der Waals surface area contributed by atoms with Gasteiger partial charge in [-0.2, -0.15) is 10.2 Å². The van der Waals surface area contributed by atoms with Gasteiger partial charge in [-0.1, -0.05) is 11.6 Å². The van der Waals surface area contributed by atoms with E-state index in [2.05, 4.69) is 39.2 Å². The Balaban J connectivity index is 1.24. The maximum Gasteiger partial charge on any atom is 0.103 e. The first kappa shape index (κ1) is 20.5. The predicted octanol–water partition coefficient (Wildman–Crippen LogP) is 3.14. The number of benzene rings is 1. The highest BCUT2D eigenvalue weighted by Gasteiger charge is 2.40. The molecule has 4 heterocycles. The van der Waals surface area contributed by atoms with Crippen molar-refractivity contribution >= 4 is 28.2 Å². The summed E-state index contributed by atoms with van der Waals surface area (Å²) in [4.78, 5) is 4.94. The zero-order valence-electron chi connectivity index (χ0n) is 18.6. The number of halogens is 1. The second-order valence-electron chi connectivity index (χ2n) is 9.54. The molecule has 0 atom stereocenters. The van der Waals surface area contributed by atoms with E-state index >= 15 is 0 Å². The number of rotatable bonds is 5. The van der Waals surface area contributed by atoms with Crippen LogP contribution in [0.1, 0.15) is 25.8 Å². The molecule has 3 aromatic rings. The highest BCUT2D eigenvalue weighted by molar-refractivity contribution is 6.34. The van der Waals surface area contributed by atoms with E-state index in [1.807, 2.05) is 27.8 Å². The van der Waals surface area contributed by atoms with Crippen molar-refractivity contribution in [3.8, 4) is 5.69 Å². The van der Waals surface area contributed by atoms with E-state index in [1.54, 1.807) is 7.11 Å². The van der Waals surface area contributed by atoms with Crippen LogP contribution in [0.25, 0.3) is 16.6 Å². The van der Waals surface area contributed by atoms with Crippen molar-refractivity contribution in [2.45, 2.75) is 37.5 Å². The van der Waals surface area contributed by atoms with Gasteiger partial charge >= 0.3 is 0 Å². The van der Waals surface area contributed by atoms with Crippen LogP contribution < -0.4 is 4.90 Å². The maximum absolute atomic E-state index is 6.72. The van der Waals surface area contributed by atoms with Gasteiger partial charge in [-0.25, -0.2) is 4.68 Å². The average Bonchev–Trinajstić information content (AvgIpc) is 3.37. The van der Waals surface area contributed by atoms with Crippen molar-refractivity contribution in [3.05, 3.63) is 35.7 Å². The molecule has 2 aromatic heterocycles. The number of aromatic nitrogens is 4. The van der Waals surface area contributed by atoms with E-state index in [0.29, 0.717) is 12.1 Å². The van der Waals surface area contributed by atoms with E-state index in [9.17, 15) is 0 Å². The van der Waals surface area contributed by atoms with Gasteiger partial charge in [0.2, 0.25) is 0 Å². The molecule has 6 rings (SSSR count). The van der Waals surface area contributed by atoms with Crippen LogP contribution >= 0.6 is 11.6 Å². The van der Waals surface area contributed by atoms with Crippen LogP contribution in [0.3, 0.4) is 0 Å². The summed E-state index contributed by atoms with van der Waals surface area (Å²) in [7, 11) is 1.77. The summed E-state index contributed by atoms with van der Waals surface area (Å²) in [5.74, 6) is 0. The van der Waals surface area contributed by atoms with Crippen LogP contribution in [0.5, 0.6) is 0 Å². The molecule has 1 aromatic carbocycles. The summed E-state index contributed by atoms with van der Waals surface area (Å²) in [6.45, 7) is 7.90. The number of methoxy groups -OCH3 is 1. The number of hydrogen-bond donors (Lipinski definition) is 0. The molecule has 0 bridgehead atoms. The number of nitrogens with zero attached hydrogens (tertiary/aromatic N) is 6. The number of ether oxygens (including phenoxy) is 2. The van der Waals surface area contributed by atoms with Gasteiger partial charge in [-0.15, -0.1) is 0 Å². The number of piperazine rings is 1. The second-order valence-corrected chi connectivity index (χ2v) is 9.95. The first-order chi connectivity index (χ1) is 15.5. The molecule has 3 fully saturated rings. The summed E-state index contributed by atoms with van der Waals surface area (Å²) >= 11 is 6.72. The summed E-state index contributed by atoms with van der Waals surface area (Å²) in [5, 5.41) is 11.0. The van der Waals surface area contributed by atoms with Crippen molar-refractivity contribution < 1.29 is 9.47 Å². The summed E-state index contributed by atoms with van der Waals surface area (Å²) in [6, 6.07) is 4.61. The molecule has 2 saturated heterocycles. The molecule has 8 nitrogen and oxygen atoms in total. The minimum atomic E-state index is 0.197. The molecule has 170 valence electrons. The third-order valence-corrected chi connectivity index (χ3v) is 7.76. The van der Waals surface area contributed by atoms with Crippen LogP contribution in [-0.2, 0) is 9.47 Å². The molecular formula is C23H29ClN6O2. The molecule has 0 spiro atoms. The minimum absolute atomic E-state index is 0.197. The van der Waals surface area contributed by atoms with Crippen molar-refractivity contribution in [3.63, 3.8) is 0 Å². The zero-order valence-corrected chi connectivity index (χ0v) is 19.3. The molecule has 1 aliphatic carbocycles. The van der Waals surface area contributed by atoms with Crippen LogP contribution in [0, 0.1) is 0 Å². The Hall–Kier alpha value is -2.13. The van der Waals surface area contributed by atoms with Crippen molar-refractivity contribution in [1.29, 1.82) is 0 Å². The normalized spacial score (nSPS) is 25.7. The van der Waals surface area contributed by atoms with Crippen molar-refractivity contribution in [1.82, 2.24) is 24.5 Å². The fraction of sp³-hybridized carbons (Fsp3) is 0.565. The summed E-state index contributed by atoms with van der Waals surface area (Å²) < 4.78 is 14.9. The van der Waals surface area contributed by atoms with Crippen LogP contribution in [0.15, 0.2) is 30.7 Å².